The number of carboxylic acid groups (broad SMARTS) is 1. The number of carboxylic acids is 1. The van der Waals surface area contributed by atoms with Gasteiger partial charge < -0.3 is 15.7 Å². The molecule has 0 spiro atoms. The van der Waals surface area contributed by atoms with Crippen molar-refractivity contribution in [3.05, 3.63) is 59.2 Å². The fraction of sp³-hybridized carbons (Fsp3) is 0.562. The van der Waals surface area contributed by atoms with Crippen molar-refractivity contribution >= 4 is 35.4 Å². The first-order valence-electron chi connectivity index (χ1n) is 14.5. The first-order valence-corrected chi connectivity index (χ1v) is 17.0. The van der Waals surface area contributed by atoms with Gasteiger partial charge in [-0.3, -0.25) is 4.79 Å². The van der Waals surface area contributed by atoms with Crippen molar-refractivity contribution in [2.24, 2.45) is 5.92 Å². The Labute approximate surface area is 243 Å². The average Bonchev–Trinajstić information content (AvgIpc) is 2.95. The molecule has 0 radical (unpaired) electrons. The molecule has 1 aliphatic carbocycles. The molecule has 0 saturated heterocycles. The zero-order valence-corrected chi connectivity index (χ0v) is 25.5. The van der Waals surface area contributed by atoms with Crippen LogP contribution in [0.1, 0.15) is 79.8 Å². The third kappa shape index (κ3) is 10.2. The monoisotopic (exact) mass is 570 g/mol. The van der Waals surface area contributed by atoms with Crippen molar-refractivity contribution in [1.82, 2.24) is 10.6 Å². The van der Waals surface area contributed by atoms with Gasteiger partial charge in [-0.15, -0.1) is 0 Å². The summed E-state index contributed by atoms with van der Waals surface area (Å²) in [6.07, 6.45) is 11.8. The van der Waals surface area contributed by atoms with Crippen LogP contribution in [0.15, 0.2) is 42.5 Å². The van der Waals surface area contributed by atoms with Gasteiger partial charge in [0.15, 0.2) is 0 Å². The number of hydrogen-bond donors (Lipinski definition) is 3. The molecule has 0 bridgehead atoms. The number of nitrogens with one attached hydrogen (secondary N) is 2. The minimum absolute atomic E-state index is 0.342. The molecule has 0 aliphatic heterocycles. The fourth-order valence-corrected chi connectivity index (χ4v) is 6.68. The van der Waals surface area contributed by atoms with Gasteiger partial charge in [0.2, 0.25) is 0 Å². The average molecular weight is 571 g/mol. The van der Waals surface area contributed by atoms with Crippen LogP contribution >= 0.6 is 23.5 Å². The summed E-state index contributed by atoms with van der Waals surface area (Å²) < 4.78 is 0. The third-order valence-corrected chi connectivity index (χ3v) is 9.43. The predicted molar refractivity (Wildman–Crippen MR) is 168 cm³/mol. The third-order valence-electron chi connectivity index (χ3n) is 7.74. The van der Waals surface area contributed by atoms with Crippen molar-refractivity contribution in [1.29, 1.82) is 0 Å². The molecule has 3 N–H and O–H groups in total. The molecule has 3 rings (SSSR count). The molecule has 39 heavy (non-hydrogen) atoms. The van der Waals surface area contributed by atoms with Crippen molar-refractivity contribution in [2.75, 3.05) is 23.5 Å². The maximum absolute atomic E-state index is 13.4. The number of carbonyl (C=O) groups excluding carboxylic acids is 1. The molecule has 1 amide bonds. The van der Waals surface area contributed by atoms with Crippen LogP contribution in [0.3, 0.4) is 0 Å². The summed E-state index contributed by atoms with van der Waals surface area (Å²) in [6, 6.07) is 13.6. The van der Waals surface area contributed by atoms with Crippen molar-refractivity contribution in [3.8, 4) is 11.1 Å². The first-order chi connectivity index (χ1) is 18.9. The lowest BCUT2D eigenvalue weighted by Gasteiger charge is -2.25. The van der Waals surface area contributed by atoms with Gasteiger partial charge in [-0.25, -0.2) is 4.79 Å². The Bertz CT molecular complexity index is 1060. The molecule has 214 valence electrons. The molecular weight excluding hydrogens is 524 g/mol. The van der Waals surface area contributed by atoms with Crippen LogP contribution in [0, 0.1) is 12.8 Å². The predicted octanol–water partition coefficient (Wildman–Crippen LogP) is 7.17. The van der Waals surface area contributed by atoms with Crippen molar-refractivity contribution < 1.29 is 14.7 Å². The van der Waals surface area contributed by atoms with E-state index in [0.717, 1.165) is 46.2 Å². The van der Waals surface area contributed by atoms with Gasteiger partial charge in [0.05, 0.1) is 0 Å². The van der Waals surface area contributed by atoms with E-state index in [2.05, 4.69) is 23.6 Å². The van der Waals surface area contributed by atoms with E-state index < -0.39 is 12.0 Å². The van der Waals surface area contributed by atoms with Gasteiger partial charge in [-0.1, -0.05) is 69.4 Å². The van der Waals surface area contributed by atoms with E-state index in [4.69, 9.17) is 0 Å². The van der Waals surface area contributed by atoms with Crippen LogP contribution in [0.4, 0.5) is 0 Å². The maximum Gasteiger partial charge on any atom is 0.326 e. The smallest absolute Gasteiger partial charge is 0.326 e. The van der Waals surface area contributed by atoms with E-state index in [0.29, 0.717) is 23.8 Å². The van der Waals surface area contributed by atoms with E-state index in [1.54, 1.807) is 11.8 Å². The molecule has 2 aromatic carbocycles. The maximum atomic E-state index is 13.4. The largest absolute Gasteiger partial charge is 0.480 e. The highest BCUT2D eigenvalue weighted by atomic mass is 32.2. The molecular formula is C32H46N2O3S2. The Balaban J connectivity index is 1.78. The molecule has 1 fully saturated rings. The van der Waals surface area contributed by atoms with Crippen LogP contribution in [-0.4, -0.2) is 52.6 Å². The van der Waals surface area contributed by atoms with Gasteiger partial charge in [0.25, 0.3) is 5.91 Å². The lowest BCUT2D eigenvalue weighted by Crippen LogP contribution is -2.41. The molecule has 0 unspecified atom stereocenters. The Morgan fingerprint density at radius 2 is 1.82 bits per heavy atom. The highest BCUT2D eigenvalue weighted by molar-refractivity contribution is 7.99. The molecule has 7 heteroatoms. The molecule has 2 aromatic rings. The van der Waals surface area contributed by atoms with Gasteiger partial charge in [0.1, 0.15) is 6.04 Å². The summed E-state index contributed by atoms with van der Waals surface area (Å²) in [5, 5.41) is 16.2. The lowest BCUT2D eigenvalue weighted by atomic mass is 9.85. The van der Waals surface area contributed by atoms with Crippen LogP contribution in [-0.2, 0) is 11.3 Å². The number of benzene rings is 2. The summed E-state index contributed by atoms with van der Waals surface area (Å²) in [4.78, 5) is 25.1. The minimum Gasteiger partial charge on any atom is -0.480 e. The molecule has 0 heterocycles. The summed E-state index contributed by atoms with van der Waals surface area (Å²) in [5.74, 6) is 2.44. The van der Waals surface area contributed by atoms with Gasteiger partial charge in [-0.2, -0.15) is 23.5 Å². The normalized spacial score (nSPS) is 15.6. The SMILES string of the molecule is CCSC[C@H](CCC1CCCCC1)NCc1ccc(C(=O)N[C@@H](CCSC)C(=O)O)c(-c2ccccc2C)c1. The van der Waals surface area contributed by atoms with Gasteiger partial charge in [0, 0.05) is 23.9 Å². The fourth-order valence-electron chi connectivity index (χ4n) is 5.41. The van der Waals surface area contributed by atoms with Crippen LogP contribution in [0.2, 0.25) is 0 Å². The van der Waals surface area contributed by atoms with Gasteiger partial charge in [-0.05, 0) is 84.3 Å². The highest BCUT2D eigenvalue weighted by Gasteiger charge is 2.23. The van der Waals surface area contributed by atoms with Crippen molar-refractivity contribution in [3.63, 3.8) is 0 Å². The second kappa shape index (κ2) is 17.0. The summed E-state index contributed by atoms with van der Waals surface area (Å²) in [6.45, 7) is 5.01. The molecule has 1 aliphatic rings. The minimum atomic E-state index is -1.00. The number of hydrogen-bond acceptors (Lipinski definition) is 5. The first kappa shape index (κ1) is 31.6. The quantitative estimate of drug-likeness (QED) is 0.199. The zero-order chi connectivity index (χ0) is 28.0. The molecule has 1 saturated carbocycles. The number of amides is 1. The molecule has 5 nitrogen and oxygen atoms in total. The Morgan fingerprint density at radius 3 is 2.51 bits per heavy atom. The number of aryl methyl sites for hydroxylation is 1. The van der Waals surface area contributed by atoms with E-state index in [1.165, 1.54) is 44.9 Å². The zero-order valence-electron chi connectivity index (χ0n) is 23.8. The van der Waals surface area contributed by atoms with Crippen LogP contribution in [0.25, 0.3) is 11.1 Å². The highest BCUT2D eigenvalue weighted by Crippen LogP contribution is 2.30. The topological polar surface area (TPSA) is 78.4 Å². The second-order valence-electron chi connectivity index (χ2n) is 10.7. The van der Waals surface area contributed by atoms with E-state index >= 15 is 0 Å². The Hall–Kier alpha value is -1.96. The van der Waals surface area contributed by atoms with Gasteiger partial charge >= 0.3 is 5.97 Å². The number of carbonyl (C=O) groups is 2. The Morgan fingerprint density at radius 1 is 1.05 bits per heavy atom. The number of aliphatic carboxylic acids is 1. The number of rotatable bonds is 16. The Kier molecular flexibility index (Phi) is 13.7. The summed E-state index contributed by atoms with van der Waals surface area (Å²) in [7, 11) is 0. The standard InChI is InChI=1S/C32H46N2O3S2/c1-4-39-22-26(16-14-24-11-6-5-7-12-24)33-21-25-15-17-28(29(20-25)27-13-9-8-10-23(27)2)31(35)34-30(32(36)37)18-19-38-3/h8-10,13,15,17,20,24,26,30,33H,4-7,11-12,14,16,18-19,21-22H2,1-3H3,(H,34,35)(H,36,37)/t26-,30-/m0/s1. The lowest BCUT2D eigenvalue weighted by molar-refractivity contribution is -0.139. The summed E-state index contributed by atoms with van der Waals surface area (Å²) in [5.41, 5.74) is 4.57. The second-order valence-corrected chi connectivity index (χ2v) is 13.0. The van der Waals surface area contributed by atoms with Crippen LogP contribution < -0.4 is 10.6 Å². The number of thioether (sulfide) groups is 2. The van der Waals surface area contributed by atoms with E-state index in [-0.39, 0.29) is 5.91 Å². The van der Waals surface area contributed by atoms with Crippen molar-refractivity contribution in [2.45, 2.75) is 83.8 Å². The molecule has 0 aromatic heterocycles. The van der Waals surface area contributed by atoms with Crippen LogP contribution in [0.5, 0.6) is 0 Å². The van der Waals surface area contributed by atoms with E-state index in [9.17, 15) is 14.7 Å². The summed E-state index contributed by atoms with van der Waals surface area (Å²) >= 11 is 3.57. The van der Waals surface area contributed by atoms with E-state index in [1.807, 2.05) is 61.3 Å². The molecule has 2 atom stereocenters.